The van der Waals surface area contributed by atoms with E-state index in [0.717, 1.165) is 5.92 Å². The van der Waals surface area contributed by atoms with Crippen molar-refractivity contribution in [1.82, 2.24) is 5.32 Å². The Morgan fingerprint density at radius 3 is 2.58 bits per heavy atom. The molecule has 0 amide bonds. The molecule has 1 saturated carbocycles. The number of benzene rings is 1. The summed E-state index contributed by atoms with van der Waals surface area (Å²) in [6.45, 7) is 3.47. The molecule has 2 rings (SSSR count). The first kappa shape index (κ1) is 14.6. The van der Waals surface area contributed by atoms with Gasteiger partial charge in [0.25, 0.3) is 0 Å². The molecule has 1 unspecified atom stereocenters. The van der Waals surface area contributed by atoms with Crippen LogP contribution in [-0.2, 0) is 0 Å². The second-order valence-corrected chi connectivity index (χ2v) is 6.00. The largest absolute Gasteiger partial charge is 0.310 e. The molecule has 1 aromatic carbocycles. The average molecular weight is 259 g/mol. The van der Waals surface area contributed by atoms with Gasteiger partial charge >= 0.3 is 0 Å². The van der Waals surface area contributed by atoms with Crippen molar-refractivity contribution in [2.45, 2.75) is 64.3 Å². The minimum absolute atomic E-state index is 0.558. The van der Waals surface area contributed by atoms with E-state index in [9.17, 15) is 0 Å². The lowest BCUT2D eigenvalue weighted by atomic mass is 9.99. The molecule has 0 aromatic heterocycles. The first-order valence-electron chi connectivity index (χ1n) is 8.18. The summed E-state index contributed by atoms with van der Waals surface area (Å²) in [5, 5.41) is 3.80. The molecule has 0 bridgehead atoms. The molecule has 1 aliphatic carbocycles. The van der Waals surface area contributed by atoms with Crippen LogP contribution in [0.5, 0.6) is 0 Å². The average Bonchev–Trinajstić information content (AvgIpc) is 2.97. The predicted molar refractivity (Wildman–Crippen MR) is 83.3 cm³/mol. The lowest BCUT2D eigenvalue weighted by Crippen LogP contribution is -2.23. The molecule has 0 heterocycles. The van der Waals surface area contributed by atoms with Gasteiger partial charge in [0.2, 0.25) is 0 Å². The van der Waals surface area contributed by atoms with Crippen LogP contribution in [0.15, 0.2) is 30.3 Å². The van der Waals surface area contributed by atoms with Gasteiger partial charge in [0.1, 0.15) is 0 Å². The smallest absolute Gasteiger partial charge is 0.0320 e. The molecule has 1 atom stereocenters. The lowest BCUT2D eigenvalue weighted by molar-refractivity contribution is 0.425. The Balaban J connectivity index is 1.79. The second-order valence-electron chi connectivity index (χ2n) is 6.00. The van der Waals surface area contributed by atoms with E-state index in [1.54, 1.807) is 0 Å². The van der Waals surface area contributed by atoms with Crippen LogP contribution >= 0.6 is 0 Å². The SMILES string of the molecule is CCCCC(NCCC1CCCC1)c1ccccc1. The van der Waals surface area contributed by atoms with Gasteiger partial charge in [-0.1, -0.05) is 75.8 Å². The van der Waals surface area contributed by atoms with Crippen molar-refractivity contribution in [3.8, 4) is 0 Å². The molecule has 0 saturated heterocycles. The standard InChI is InChI=1S/C18H29N/c1-2-3-13-18(17-11-5-4-6-12-17)19-15-14-16-9-7-8-10-16/h4-6,11-12,16,18-19H,2-3,7-10,13-15H2,1H3. The van der Waals surface area contributed by atoms with E-state index in [0.29, 0.717) is 6.04 Å². The summed E-state index contributed by atoms with van der Waals surface area (Å²) in [6.07, 6.45) is 11.1. The summed E-state index contributed by atoms with van der Waals surface area (Å²) in [4.78, 5) is 0. The normalized spacial score (nSPS) is 17.7. The van der Waals surface area contributed by atoms with E-state index < -0.39 is 0 Å². The van der Waals surface area contributed by atoms with E-state index in [-0.39, 0.29) is 0 Å². The Hall–Kier alpha value is -0.820. The molecule has 1 aliphatic rings. The summed E-state index contributed by atoms with van der Waals surface area (Å²) < 4.78 is 0. The molecule has 106 valence electrons. The van der Waals surface area contributed by atoms with Crippen molar-refractivity contribution in [1.29, 1.82) is 0 Å². The van der Waals surface area contributed by atoms with Gasteiger partial charge in [-0.05, 0) is 30.9 Å². The van der Waals surface area contributed by atoms with E-state index in [1.807, 2.05) is 0 Å². The van der Waals surface area contributed by atoms with Gasteiger partial charge in [-0.25, -0.2) is 0 Å². The summed E-state index contributed by atoms with van der Waals surface area (Å²) in [6, 6.07) is 11.5. The van der Waals surface area contributed by atoms with Crippen LogP contribution in [-0.4, -0.2) is 6.54 Å². The topological polar surface area (TPSA) is 12.0 Å². The van der Waals surface area contributed by atoms with Crippen molar-refractivity contribution in [2.75, 3.05) is 6.54 Å². The summed E-state index contributed by atoms with van der Waals surface area (Å²) >= 11 is 0. The number of hydrogen-bond acceptors (Lipinski definition) is 1. The van der Waals surface area contributed by atoms with Gasteiger partial charge in [-0.15, -0.1) is 0 Å². The molecule has 0 spiro atoms. The first-order chi connectivity index (χ1) is 9.40. The Labute approximate surface area is 118 Å². The Bertz CT molecular complexity index is 327. The van der Waals surface area contributed by atoms with Gasteiger partial charge in [0, 0.05) is 6.04 Å². The zero-order chi connectivity index (χ0) is 13.3. The van der Waals surface area contributed by atoms with Crippen molar-refractivity contribution >= 4 is 0 Å². The summed E-state index contributed by atoms with van der Waals surface area (Å²) in [5.74, 6) is 0.995. The van der Waals surface area contributed by atoms with Crippen LogP contribution in [0, 0.1) is 5.92 Å². The highest BCUT2D eigenvalue weighted by Crippen LogP contribution is 2.27. The Morgan fingerprint density at radius 1 is 1.16 bits per heavy atom. The van der Waals surface area contributed by atoms with Crippen molar-refractivity contribution in [3.05, 3.63) is 35.9 Å². The third-order valence-electron chi connectivity index (χ3n) is 4.47. The fourth-order valence-corrected chi connectivity index (χ4v) is 3.24. The maximum Gasteiger partial charge on any atom is 0.0320 e. The minimum atomic E-state index is 0.558. The van der Waals surface area contributed by atoms with Crippen LogP contribution < -0.4 is 5.32 Å². The number of hydrogen-bond donors (Lipinski definition) is 1. The van der Waals surface area contributed by atoms with Crippen LogP contribution in [0.4, 0.5) is 0 Å². The van der Waals surface area contributed by atoms with Gasteiger partial charge < -0.3 is 5.32 Å². The molecule has 1 fully saturated rings. The fourth-order valence-electron chi connectivity index (χ4n) is 3.24. The Kier molecular flexibility index (Phi) is 6.43. The van der Waals surface area contributed by atoms with Crippen molar-refractivity contribution in [3.63, 3.8) is 0 Å². The molecule has 1 heteroatoms. The lowest BCUT2D eigenvalue weighted by Gasteiger charge is -2.20. The monoisotopic (exact) mass is 259 g/mol. The van der Waals surface area contributed by atoms with Gasteiger partial charge in [-0.2, -0.15) is 0 Å². The van der Waals surface area contributed by atoms with Crippen LogP contribution in [0.1, 0.15) is 69.9 Å². The van der Waals surface area contributed by atoms with E-state index >= 15 is 0 Å². The van der Waals surface area contributed by atoms with Crippen LogP contribution in [0.3, 0.4) is 0 Å². The van der Waals surface area contributed by atoms with Crippen molar-refractivity contribution < 1.29 is 0 Å². The molecule has 1 nitrogen and oxygen atoms in total. The van der Waals surface area contributed by atoms with Gasteiger partial charge in [0.15, 0.2) is 0 Å². The molecule has 0 radical (unpaired) electrons. The van der Waals surface area contributed by atoms with E-state index in [2.05, 4.69) is 42.6 Å². The predicted octanol–water partition coefficient (Wildman–Crippen LogP) is 5.09. The molecular formula is C18H29N. The van der Waals surface area contributed by atoms with E-state index in [4.69, 9.17) is 0 Å². The summed E-state index contributed by atoms with van der Waals surface area (Å²) in [7, 11) is 0. The summed E-state index contributed by atoms with van der Waals surface area (Å²) in [5.41, 5.74) is 1.46. The number of unbranched alkanes of at least 4 members (excludes halogenated alkanes) is 1. The molecule has 1 aromatic rings. The highest BCUT2D eigenvalue weighted by Gasteiger charge is 2.15. The highest BCUT2D eigenvalue weighted by molar-refractivity contribution is 5.18. The third kappa shape index (κ3) is 4.99. The quantitative estimate of drug-likeness (QED) is 0.686. The molecule has 19 heavy (non-hydrogen) atoms. The molecule has 1 N–H and O–H groups in total. The second kappa shape index (κ2) is 8.37. The number of rotatable bonds is 8. The third-order valence-corrected chi connectivity index (χ3v) is 4.47. The van der Waals surface area contributed by atoms with Crippen LogP contribution in [0.25, 0.3) is 0 Å². The zero-order valence-electron chi connectivity index (χ0n) is 12.4. The Morgan fingerprint density at radius 2 is 1.89 bits per heavy atom. The zero-order valence-corrected chi connectivity index (χ0v) is 12.4. The number of nitrogens with one attached hydrogen (secondary N) is 1. The van der Waals surface area contributed by atoms with E-state index in [1.165, 1.54) is 63.5 Å². The van der Waals surface area contributed by atoms with Gasteiger partial charge in [0.05, 0.1) is 0 Å². The fraction of sp³-hybridized carbons (Fsp3) is 0.667. The molecular weight excluding hydrogens is 230 g/mol. The van der Waals surface area contributed by atoms with Crippen LogP contribution in [0.2, 0.25) is 0 Å². The van der Waals surface area contributed by atoms with Gasteiger partial charge in [-0.3, -0.25) is 0 Å². The minimum Gasteiger partial charge on any atom is -0.310 e. The maximum atomic E-state index is 3.80. The molecule has 0 aliphatic heterocycles. The first-order valence-corrected chi connectivity index (χ1v) is 8.18. The van der Waals surface area contributed by atoms with Crippen molar-refractivity contribution in [2.24, 2.45) is 5.92 Å². The maximum absolute atomic E-state index is 3.80. The highest BCUT2D eigenvalue weighted by atomic mass is 14.9.